The van der Waals surface area contributed by atoms with Crippen molar-refractivity contribution in [3.63, 3.8) is 0 Å². The van der Waals surface area contributed by atoms with Crippen LogP contribution in [0.2, 0.25) is 0 Å². The maximum Gasteiger partial charge on any atom is 1.00 e. The molecule has 0 unspecified atom stereocenters. The summed E-state index contributed by atoms with van der Waals surface area (Å²) in [4.78, 5) is 0. The first-order valence-electron chi connectivity index (χ1n) is 2.11. The Balaban J connectivity index is -0.000000245. The van der Waals surface area contributed by atoms with Crippen molar-refractivity contribution < 1.29 is 39.4 Å². The summed E-state index contributed by atoms with van der Waals surface area (Å²) in [5.41, 5.74) is 0. The molecule has 9 heavy (non-hydrogen) atoms. The quantitative estimate of drug-likeness (QED) is 0.422. The van der Waals surface area contributed by atoms with Gasteiger partial charge in [0.1, 0.15) is 0 Å². The van der Waals surface area contributed by atoms with E-state index >= 15 is 0 Å². The molecule has 0 aromatic carbocycles. The van der Waals surface area contributed by atoms with E-state index in [1.165, 1.54) is 21.1 Å². The van der Waals surface area contributed by atoms with Crippen LogP contribution in [-0.2, 0) is 10.2 Å². The molecule has 6 heteroatoms. The Morgan fingerprint density at radius 1 is 1.44 bits per heavy atom. The van der Waals surface area contributed by atoms with Gasteiger partial charge in [-0.05, 0) is 0 Å². The van der Waals surface area contributed by atoms with Gasteiger partial charge in [-0.1, -0.05) is 0 Å². The Kier molecular flexibility index (Phi) is 6.48. The Hall–Kier alpha value is 0.870. The summed E-state index contributed by atoms with van der Waals surface area (Å²) < 4.78 is 24.3. The Morgan fingerprint density at radius 2 is 1.78 bits per heavy atom. The van der Waals surface area contributed by atoms with Crippen LogP contribution >= 0.6 is 0 Å². The summed E-state index contributed by atoms with van der Waals surface area (Å²) >= 11 is 0. The molecule has 0 bridgehead atoms. The summed E-state index contributed by atoms with van der Waals surface area (Å²) in [6.07, 6.45) is 0. The topological polar surface area (TPSA) is 49.4 Å². The van der Waals surface area contributed by atoms with Gasteiger partial charge in [-0.3, -0.25) is 0 Å². The predicted octanol–water partition coefficient (Wildman–Crippen LogP) is -3.87. The maximum atomic E-state index is 10.5. The molecule has 0 aliphatic carbocycles. The fraction of sp³-hybridized carbons (Fsp3) is 1.00. The zero-order chi connectivity index (χ0) is 6.78. The van der Waals surface area contributed by atoms with E-state index in [9.17, 15) is 8.42 Å². The predicted molar refractivity (Wildman–Crippen MR) is 32.8 cm³/mol. The second-order valence-corrected chi connectivity index (χ2v) is 3.58. The number of hydrogen-bond acceptors (Lipinski definition) is 2. The zero-order valence-corrected chi connectivity index (χ0v) is 8.99. The molecule has 0 aliphatic heterocycles. The van der Waals surface area contributed by atoms with Gasteiger partial charge in [0.2, 0.25) is 0 Å². The zero-order valence-electron chi connectivity index (χ0n) is 7.17. The third kappa shape index (κ3) is 4.30. The minimum absolute atomic E-state index is 0. The van der Waals surface area contributed by atoms with Crippen LogP contribution in [0.25, 0.3) is 0 Å². The van der Waals surface area contributed by atoms with Gasteiger partial charge in [0.05, 0.1) is 0 Å². The van der Waals surface area contributed by atoms with Gasteiger partial charge in [0.15, 0.2) is 0 Å². The molecule has 0 saturated carbocycles. The van der Waals surface area contributed by atoms with Crippen LogP contribution in [0.3, 0.4) is 0 Å². The van der Waals surface area contributed by atoms with E-state index in [1.54, 1.807) is 0 Å². The van der Waals surface area contributed by atoms with E-state index in [-0.39, 0.29) is 31.0 Å². The molecule has 0 radical (unpaired) electrons. The van der Waals surface area contributed by atoms with E-state index in [2.05, 4.69) is 4.72 Å². The normalized spacial score (nSPS) is 11.1. The summed E-state index contributed by atoms with van der Waals surface area (Å²) in [7, 11) is 1.15. The molecule has 52 valence electrons. The maximum absolute atomic E-state index is 10.5. The standard InChI is InChI=1S/C3H10N2O2S.Na.H/c1-4-8(6,7)5(2)3;;/h4H,1-3H3;;/q;+1;-1. The van der Waals surface area contributed by atoms with E-state index in [0.29, 0.717) is 0 Å². The molecule has 0 amide bonds. The van der Waals surface area contributed by atoms with Gasteiger partial charge >= 0.3 is 29.6 Å². The van der Waals surface area contributed by atoms with Crippen LogP contribution in [0.1, 0.15) is 1.43 Å². The molecule has 0 rings (SSSR count). The minimum atomic E-state index is -3.15. The van der Waals surface area contributed by atoms with Crippen molar-refractivity contribution in [3.05, 3.63) is 0 Å². The molecule has 0 saturated heterocycles. The second-order valence-electron chi connectivity index (χ2n) is 1.49. The molecule has 0 heterocycles. The Morgan fingerprint density at radius 3 is 1.78 bits per heavy atom. The fourth-order valence-corrected chi connectivity index (χ4v) is 0.548. The van der Waals surface area contributed by atoms with Crippen molar-refractivity contribution in [2.45, 2.75) is 0 Å². The SMILES string of the molecule is CNS(=O)(=O)N(C)C.[H-].[Na+]. The van der Waals surface area contributed by atoms with E-state index in [4.69, 9.17) is 0 Å². The monoisotopic (exact) mass is 162 g/mol. The molecule has 0 aliphatic rings. The van der Waals surface area contributed by atoms with Crippen molar-refractivity contribution in [2.24, 2.45) is 0 Å². The van der Waals surface area contributed by atoms with Crippen molar-refractivity contribution >= 4 is 10.2 Å². The van der Waals surface area contributed by atoms with Gasteiger partial charge in [-0.2, -0.15) is 12.7 Å². The smallest absolute Gasteiger partial charge is 1.00 e. The Labute approximate surface area is 79.6 Å². The fourth-order valence-electron chi connectivity index (χ4n) is 0.183. The molecule has 0 fully saturated rings. The molecular formula is C3H11N2NaO2S. The summed E-state index contributed by atoms with van der Waals surface area (Å²) in [5.74, 6) is 0. The van der Waals surface area contributed by atoms with Crippen molar-refractivity contribution in [3.8, 4) is 0 Å². The third-order valence-electron chi connectivity index (χ3n) is 0.739. The van der Waals surface area contributed by atoms with Crippen molar-refractivity contribution in [1.29, 1.82) is 0 Å². The molecule has 1 N–H and O–H groups in total. The molecule has 0 spiro atoms. The molecular weight excluding hydrogens is 151 g/mol. The number of nitrogens with one attached hydrogen (secondary N) is 1. The average Bonchev–Trinajstić information content (AvgIpc) is 1.67. The van der Waals surface area contributed by atoms with Crippen LogP contribution in [0.5, 0.6) is 0 Å². The first-order chi connectivity index (χ1) is 3.50. The van der Waals surface area contributed by atoms with Crippen LogP contribution in [-0.4, -0.2) is 33.9 Å². The molecule has 0 atom stereocenters. The van der Waals surface area contributed by atoms with Gasteiger partial charge in [-0.15, -0.1) is 0 Å². The first kappa shape index (κ1) is 12.5. The molecule has 0 aromatic rings. The van der Waals surface area contributed by atoms with E-state index in [1.807, 2.05) is 0 Å². The number of hydrogen-bond donors (Lipinski definition) is 1. The summed E-state index contributed by atoms with van der Waals surface area (Å²) in [6.45, 7) is 0. The first-order valence-corrected chi connectivity index (χ1v) is 3.55. The number of rotatable bonds is 2. The van der Waals surface area contributed by atoms with E-state index in [0.717, 1.165) is 4.31 Å². The van der Waals surface area contributed by atoms with Crippen molar-refractivity contribution in [2.75, 3.05) is 21.1 Å². The van der Waals surface area contributed by atoms with Gasteiger partial charge in [0, 0.05) is 21.1 Å². The van der Waals surface area contributed by atoms with E-state index < -0.39 is 10.2 Å². The summed E-state index contributed by atoms with van der Waals surface area (Å²) in [5, 5.41) is 0. The van der Waals surface area contributed by atoms with Gasteiger partial charge in [-0.25, -0.2) is 4.72 Å². The van der Waals surface area contributed by atoms with Gasteiger partial charge < -0.3 is 1.43 Å². The van der Waals surface area contributed by atoms with Crippen LogP contribution in [0.15, 0.2) is 0 Å². The number of nitrogens with zero attached hydrogens (tertiary/aromatic N) is 1. The van der Waals surface area contributed by atoms with Crippen molar-refractivity contribution in [1.82, 2.24) is 9.03 Å². The average molecular weight is 162 g/mol. The Bertz CT molecular complexity index is 158. The summed E-state index contributed by atoms with van der Waals surface area (Å²) in [6, 6.07) is 0. The second kappa shape index (κ2) is 4.65. The third-order valence-corrected chi connectivity index (χ3v) is 2.22. The van der Waals surface area contributed by atoms with Crippen LogP contribution < -0.4 is 34.3 Å². The largest absolute Gasteiger partial charge is 1.00 e. The van der Waals surface area contributed by atoms with Crippen LogP contribution in [0.4, 0.5) is 0 Å². The van der Waals surface area contributed by atoms with Crippen LogP contribution in [0, 0.1) is 0 Å². The molecule has 4 nitrogen and oxygen atoms in total. The molecule has 0 aromatic heterocycles. The minimum Gasteiger partial charge on any atom is -1.00 e. The van der Waals surface area contributed by atoms with Gasteiger partial charge in [0.25, 0.3) is 10.2 Å².